The highest BCUT2D eigenvalue weighted by Gasteiger charge is 2.24. The number of nitrogens with one attached hydrogen (secondary N) is 1. The van der Waals surface area contributed by atoms with Crippen LogP contribution < -0.4 is 11.0 Å². The first kappa shape index (κ1) is 25.3. The molecule has 1 heterocycles. The first-order chi connectivity index (χ1) is 14.0. The summed E-state index contributed by atoms with van der Waals surface area (Å²) in [5.41, 5.74) is -0.341. The zero-order valence-corrected chi connectivity index (χ0v) is 18.6. The number of rotatable bonds is 7. The van der Waals surface area contributed by atoms with Crippen molar-refractivity contribution in [3.8, 4) is 0 Å². The molecule has 0 aromatic carbocycles. The van der Waals surface area contributed by atoms with Crippen molar-refractivity contribution in [2.75, 3.05) is 11.9 Å². The van der Waals surface area contributed by atoms with Gasteiger partial charge in [-0.15, -0.1) is 0 Å². The van der Waals surface area contributed by atoms with Crippen molar-refractivity contribution >= 4 is 12.6 Å². The van der Waals surface area contributed by atoms with Gasteiger partial charge < -0.3 is 10.1 Å². The van der Waals surface area contributed by atoms with E-state index in [0.29, 0.717) is 12.5 Å². The highest BCUT2D eigenvalue weighted by molar-refractivity contribution is 5.34. The zero-order chi connectivity index (χ0) is 21.6. The predicted molar refractivity (Wildman–Crippen MR) is 118 cm³/mol. The minimum Gasteiger partial charge on any atom is -0.367 e. The number of hydrogen-bond acceptors (Lipinski definition) is 4. The average molecular weight is 410 g/mol. The summed E-state index contributed by atoms with van der Waals surface area (Å²) < 4.78 is 15.5. The van der Waals surface area contributed by atoms with Crippen LogP contribution in [0.5, 0.6) is 0 Å². The number of unbranched alkanes of at least 4 members (excludes halogenated alkanes) is 3. The number of carbonyl (C=O) groups is 1. The summed E-state index contributed by atoms with van der Waals surface area (Å²) in [5.74, 6) is 1.31. The van der Waals surface area contributed by atoms with E-state index in [1.807, 2.05) is 6.79 Å². The Balaban J connectivity index is 0.000000442. The number of carbonyl (C=O) groups excluding carboxylic acids is 1. The van der Waals surface area contributed by atoms with Crippen LogP contribution in [-0.4, -0.2) is 22.9 Å². The van der Waals surface area contributed by atoms with Crippen molar-refractivity contribution in [3.05, 3.63) is 22.5 Å². The molecule has 1 aromatic heterocycles. The van der Waals surface area contributed by atoms with Gasteiger partial charge in [-0.1, -0.05) is 65.7 Å². The van der Waals surface area contributed by atoms with E-state index in [0.717, 1.165) is 38.0 Å². The lowest BCUT2D eigenvalue weighted by Crippen LogP contribution is -2.27. The van der Waals surface area contributed by atoms with E-state index in [-0.39, 0.29) is 17.5 Å². The maximum absolute atomic E-state index is 14.1. The van der Waals surface area contributed by atoms with Crippen molar-refractivity contribution in [1.29, 1.82) is 0 Å². The summed E-state index contributed by atoms with van der Waals surface area (Å²) in [6.07, 6.45) is 14.7. The van der Waals surface area contributed by atoms with E-state index in [2.05, 4.69) is 31.1 Å². The van der Waals surface area contributed by atoms with E-state index < -0.39 is 5.82 Å². The van der Waals surface area contributed by atoms with Gasteiger partial charge in [0.25, 0.3) is 0 Å². The third-order valence-corrected chi connectivity index (χ3v) is 5.93. The minimum absolute atomic E-state index is 0.0961. The molecule has 3 rings (SSSR count). The largest absolute Gasteiger partial charge is 0.367 e. The Kier molecular flexibility index (Phi) is 12.5. The number of hydrogen-bond donors (Lipinski definition) is 1. The van der Waals surface area contributed by atoms with E-state index in [1.54, 1.807) is 0 Å². The van der Waals surface area contributed by atoms with E-state index in [1.165, 1.54) is 49.3 Å². The molecule has 1 N–H and O–H groups in total. The zero-order valence-electron chi connectivity index (χ0n) is 18.6. The molecule has 0 amide bonds. The highest BCUT2D eigenvalue weighted by Crippen LogP contribution is 2.33. The van der Waals surface area contributed by atoms with Crippen LogP contribution in [0.3, 0.4) is 0 Å². The van der Waals surface area contributed by atoms with Gasteiger partial charge >= 0.3 is 5.69 Å². The Morgan fingerprint density at radius 3 is 2.31 bits per heavy atom. The lowest BCUT2D eigenvalue weighted by Gasteiger charge is -2.14. The molecule has 1 aromatic rings. The van der Waals surface area contributed by atoms with Crippen molar-refractivity contribution in [3.63, 3.8) is 0 Å². The van der Waals surface area contributed by atoms with Gasteiger partial charge in [0.1, 0.15) is 6.79 Å². The minimum atomic E-state index is -0.426. The molecular weight excluding hydrogens is 369 g/mol. The molecular formula is C23H40FN3O2. The van der Waals surface area contributed by atoms with Gasteiger partial charge in [-0.25, -0.2) is 9.18 Å². The molecule has 2 unspecified atom stereocenters. The quantitative estimate of drug-likeness (QED) is 0.583. The number of anilines is 1. The molecule has 0 bridgehead atoms. The van der Waals surface area contributed by atoms with Gasteiger partial charge in [0.2, 0.25) is 0 Å². The van der Waals surface area contributed by atoms with E-state index in [9.17, 15) is 9.18 Å². The summed E-state index contributed by atoms with van der Waals surface area (Å²) in [5, 5.41) is 2.94. The van der Waals surface area contributed by atoms with Crippen LogP contribution >= 0.6 is 0 Å². The lowest BCUT2D eigenvalue weighted by molar-refractivity contribution is -0.0979. The second-order valence-corrected chi connectivity index (χ2v) is 8.58. The van der Waals surface area contributed by atoms with E-state index >= 15 is 0 Å². The second kappa shape index (κ2) is 14.3. The van der Waals surface area contributed by atoms with Crippen molar-refractivity contribution < 1.29 is 9.18 Å². The molecule has 2 aliphatic rings. The van der Waals surface area contributed by atoms with Gasteiger partial charge in [-0.05, 0) is 37.5 Å². The maximum atomic E-state index is 14.1. The standard InChI is InChI=1S/C16H26FN3O.C6H12.CH2O/c1-3-4-5-6-9-18-15-14(17)11-20(16(21)19-15)13-8-7-12(2)10-13;1-6-4-2-3-5-6;1-2/h11-13H,3-10H2,1-2H3,(H,18,19,21);6H,2-5H2,1H3;1H2. The van der Waals surface area contributed by atoms with E-state index in [4.69, 9.17) is 4.79 Å². The fraction of sp³-hybridized carbons (Fsp3) is 0.783. The third-order valence-electron chi connectivity index (χ3n) is 5.93. The normalized spacial score (nSPS) is 21.1. The fourth-order valence-electron chi connectivity index (χ4n) is 4.15. The van der Waals surface area contributed by atoms with Crippen LogP contribution in [0.25, 0.3) is 0 Å². The molecule has 29 heavy (non-hydrogen) atoms. The Bertz CT molecular complexity index is 629. The van der Waals surface area contributed by atoms with Gasteiger partial charge in [0.05, 0.1) is 0 Å². The van der Waals surface area contributed by atoms with Crippen LogP contribution in [0.4, 0.5) is 10.2 Å². The third kappa shape index (κ3) is 9.09. The smallest absolute Gasteiger partial charge is 0.349 e. The highest BCUT2D eigenvalue weighted by atomic mass is 19.1. The molecule has 166 valence electrons. The van der Waals surface area contributed by atoms with Crippen molar-refractivity contribution in [1.82, 2.24) is 9.55 Å². The summed E-state index contributed by atoms with van der Waals surface area (Å²) >= 11 is 0. The van der Waals surface area contributed by atoms with Crippen molar-refractivity contribution in [2.45, 2.75) is 97.4 Å². The molecule has 0 radical (unpaired) electrons. The number of nitrogens with zero attached hydrogens (tertiary/aromatic N) is 2. The van der Waals surface area contributed by atoms with Gasteiger partial charge in [-0.3, -0.25) is 4.57 Å². The first-order valence-corrected chi connectivity index (χ1v) is 11.3. The predicted octanol–water partition coefficient (Wildman–Crippen LogP) is 5.75. The van der Waals surface area contributed by atoms with Crippen molar-refractivity contribution in [2.24, 2.45) is 11.8 Å². The van der Waals surface area contributed by atoms with Gasteiger partial charge in [0.15, 0.2) is 11.6 Å². The van der Waals surface area contributed by atoms with Gasteiger partial charge in [-0.2, -0.15) is 4.98 Å². The van der Waals surface area contributed by atoms with Crippen LogP contribution in [0.1, 0.15) is 97.4 Å². The molecule has 6 heteroatoms. The number of halogens is 1. The molecule has 2 saturated carbocycles. The topological polar surface area (TPSA) is 64.0 Å². The Labute approximate surface area is 175 Å². The van der Waals surface area contributed by atoms with Crippen LogP contribution in [0, 0.1) is 17.7 Å². The van der Waals surface area contributed by atoms with Gasteiger partial charge in [0, 0.05) is 18.8 Å². The summed E-state index contributed by atoms with van der Waals surface area (Å²) in [4.78, 5) is 23.9. The molecule has 0 spiro atoms. The average Bonchev–Trinajstić information content (AvgIpc) is 3.37. The lowest BCUT2D eigenvalue weighted by atomic mass is 10.1. The molecule has 0 aliphatic heterocycles. The second-order valence-electron chi connectivity index (χ2n) is 8.58. The SMILES string of the molecule is C=O.CC1CCCC1.CCCCCCNc1nc(=O)n(C2CCC(C)C2)cc1F. The molecule has 2 aliphatic carbocycles. The van der Waals surface area contributed by atoms with Crippen LogP contribution in [0.2, 0.25) is 0 Å². The fourth-order valence-corrected chi connectivity index (χ4v) is 4.15. The molecule has 2 fully saturated rings. The summed E-state index contributed by atoms with van der Waals surface area (Å²) in [7, 11) is 0. The summed E-state index contributed by atoms with van der Waals surface area (Å²) in [6, 6.07) is 0.105. The molecule has 5 nitrogen and oxygen atoms in total. The molecule has 2 atom stereocenters. The first-order valence-electron chi connectivity index (χ1n) is 11.3. The van der Waals surface area contributed by atoms with Crippen LogP contribution in [-0.2, 0) is 4.79 Å². The monoisotopic (exact) mass is 409 g/mol. The number of aromatic nitrogens is 2. The summed E-state index contributed by atoms with van der Waals surface area (Å²) in [6.45, 7) is 9.32. The Morgan fingerprint density at radius 2 is 1.79 bits per heavy atom. The molecule has 0 saturated heterocycles. The Hall–Kier alpha value is -1.72. The Morgan fingerprint density at radius 1 is 1.10 bits per heavy atom. The maximum Gasteiger partial charge on any atom is 0.349 e. The van der Waals surface area contributed by atoms with Crippen LogP contribution in [0.15, 0.2) is 11.0 Å².